The van der Waals surface area contributed by atoms with Gasteiger partial charge in [0.1, 0.15) is 21.5 Å². The summed E-state index contributed by atoms with van der Waals surface area (Å²) in [6, 6.07) is 3.46. The molecule has 0 saturated carbocycles. The zero-order valence-electron chi connectivity index (χ0n) is 15.6. The molecule has 0 unspecified atom stereocenters. The molecular formula is C17H26F2N4O3S. The number of anilines is 1. The number of piperazine rings is 1. The average Bonchev–Trinajstić information content (AvgIpc) is 2.62. The number of benzene rings is 1. The third-order valence-corrected chi connectivity index (χ3v) is 5.08. The maximum Gasteiger partial charge on any atom is 0.193 e. The summed E-state index contributed by atoms with van der Waals surface area (Å²) in [6.45, 7) is 3.35. The summed E-state index contributed by atoms with van der Waals surface area (Å²) in [7, 11) is -1.34. The third-order valence-electron chi connectivity index (χ3n) is 4.17. The highest BCUT2D eigenvalue weighted by atomic mass is 32.2. The van der Waals surface area contributed by atoms with Crippen LogP contribution in [0.5, 0.6) is 0 Å². The van der Waals surface area contributed by atoms with E-state index >= 15 is 0 Å². The molecule has 10 heteroatoms. The van der Waals surface area contributed by atoms with Gasteiger partial charge in [0.2, 0.25) is 0 Å². The number of nitrogens with zero attached hydrogens (tertiary/aromatic N) is 3. The number of ether oxygens (including phenoxy) is 1. The number of halogens is 2. The number of sulfone groups is 1. The molecule has 7 nitrogen and oxygen atoms in total. The Morgan fingerprint density at radius 1 is 1.22 bits per heavy atom. The van der Waals surface area contributed by atoms with Crippen molar-refractivity contribution in [3.63, 3.8) is 0 Å². The van der Waals surface area contributed by atoms with E-state index in [0.29, 0.717) is 45.3 Å². The maximum atomic E-state index is 13.9. The second-order valence-electron chi connectivity index (χ2n) is 6.29. The topological polar surface area (TPSA) is 74.2 Å². The van der Waals surface area contributed by atoms with Gasteiger partial charge in [-0.15, -0.1) is 0 Å². The van der Waals surface area contributed by atoms with Crippen molar-refractivity contribution < 1.29 is 21.9 Å². The molecule has 1 heterocycles. The van der Waals surface area contributed by atoms with E-state index in [4.69, 9.17) is 4.74 Å². The minimum atomic E-state index is -3.02. The van der Waals surface area contributed by atoms with Gasteiger partial charge in [-0.2, -0.15) is 0 Å². The predicted octanol–water partition coefficient (Wildman–Crippen LogP) is 0.723. The van der Waals surface area contributed by atoms with Crippen LogP contribution in [0.1, 0.15) is 0 Å². The maximum absolute atomic E-state index is 13.9. The molecule has 152 valence electrons. The van der Waals surface area contributed by atoms with Crippen LogP contribution in [0, 0.1) is 11.6 Å². The van der Waals surface area contributed by atoms with E-state index in [1.807, 2.05) is 9.80 Å². The molecule has 0 aliphatic carbocycles. The Morgan fingerprint density at radius 3 is 2.56 bits per heavy atom. The van der Waals surface area contributed by atoms with Crippen LogP contribution in [0.25, 0.3) is 0 Å². The summed E-state index contributed by atoms with van der Waals surface area (Å²) in [6.07, 6.45) is 1.17. The fraction of sp³-hybridized carbons (Fsp3) is 0.588. The van der Waals surface area contributed by atoms with E-state index in [1.54, 1.807) is 7.05 Å². The highest BCUT2D eigenvalue weighted by Gasteiger charge is 2.21. The Morgan fingerprint density at radius 2 is 1.93 bits per heavy atom. The second-order valence-corrected chi connectivity index (χ2v) is 8.55. The lowest BCUT2D eigenvalue weighted by molar-refractivity contribution is 0.153. The van der Waals surface area contributed by atoms with Crippen molar-refractivity contribution in [1.82, 2.24) is 10.2 Å². The lowest BCUT2D eigenvalue weighted by atomic mass is 10.2. The first kappa shape index (κ1) is 21.4. The van der Waals surface area contributed by atoms with Crippen molar-refractivity contribution in [2.45, 2.75) is 0 Å². The predicted molar refractivity (Wildman–Crippen MR) is 102 cm³/mol. The van der Waals surface area contributed by atoms with Gasteiger partial charge in [0, 0.05) is 52.1 Å². The van der Waals surface area contributed by atoms with Gasteiger partial charge in [-0.3, -0.25) is 4.99 Å². The van der Waals surface area contributed by atoms with Crippen molar-refractivity contribution in [2.75, 3.05) is 69.9 Å². The Bertz CT molecular complexity index is 751. The van der Waals surface area contributed by atoms with Gasteiger partial charge >= 0.3 is 0 Å². The van der Waals surface area contributed by atoms with E-state index < -0.39 is 21.5 Å². The van der Waals surface area contributed by atoms with Gasteiger partial charge in [0.15, 0.2) is 5.96 Å². The van der Waals surface area contributed by atoms with Crippen LogP contribution in [-0.4, -0.2) is 84.3 Å². The standard InChI is InChI=1S/C17H26F2N4O3S/c1-20-17(21-5-10-26-11-12-27(2,24)25)23-8-6-22(7-9-23)16-13-14(18)3-4-15(16)19/h3-4,13H,5-12H2,1-2H3,(H,20,21). The molecule has 0 aromatic heterocycles. The monoisotopic (exact) mass is 404 g/mol. The quantitative estimate of drug-likeness (QED) is 0.410. The Labute approximate surface area is 158 Å². The third kappa shape index (κ3) is 6.94. The molecule has 0 radical (unpaired) electrons. The van der Waals surface area contributed by atoms with Crippen molar-refractivity contribution in [2.24, 2.45) is 4.99 Å². The minimum Gasteiger partial charge on any atom is -0.379 e. The van der Waals surface area contributed by atoms with Crippen LogP contribution in [0.15, 0.2) is 23.2 Å². The van der Waals surface area contributed by atoms with Crippen LogP contribution in [0.3, 0.4) is 0 Å². The molecule has 1 aliphatic heterocycles. The summed E-state index contributed by atoms with van der Waals surface area (Å²) in [5.74, 6) is -0.192. The van der Waals surface area contributed by atoms with Crippen molar-refractivity contribution in [1.29, 1.82) is 0 Å². The molecule has 27 heavy (non-hydrogen) atoms. The first-order chi connectivity index (χ1) is 12.8. The largest absolute Gasteiger partial charge is 0.379 e. The molecule has 2 rings (SSSR count). The van der Waals surface area contributed by atoms with Crippen LogP contribution in [-0.2, 0) is 14.6 Å². The summed E-state index contributed by atoms with van der Waals surface area (Å²) in [5.41, 5.74) is 0.275. The molecule has 1 N–H and O–H groups in total. The molecule has 1 aromatic rings. The Hall–Kier alpha value is -1.94. The SMILES string of the molecule is CN=C(NCCOCCS(C)(=O)=O)N1CCN(c2cc(F)ccc2F)CC1. The summed E-state index contributed by atoms with van der Waals surface area (Å²) in [4.78, 5) is 8.07. The first-order valence-electron chi connectivity index (χ1n) is 8.71. The fourth-order valence-corrected chi connectivity index (χ4v) is 3.19. The highest BCUT2D eigenvalue weighted by molar-refractivity contribution is 7.90. The van der Waals surface area contributed by atoms with Crippen molar-refractivity contribution in [3.05, 3.63) is 29.8 Å². The fourth-order valence-electron chi connectivity index (χ4n) is 2.77. The van der Waals surface area contributed by atoms with E-state index in [-0.39, 0.29) is 18.0 Å². The van der Waals surface area contributed by atoms with Gasteiger partial charge in [0.05, 0.1) is 24.7 Å². The molecular weight excluding hydrogens is 378 g/mol. The normalized spacial score (nSPS) is 15.9. The smallest absolute Gasteiger partial charge is 0.193 e. The van der Waals surface area contributed by atoms with Gasteiger partial charge in [-0.05, 0) is 12.1 Å². The number of rotatable bonds is 7. The minimum absolute atomic E-state index is 0.000321. The second kappa shape index (κ2) is 9.84. The zero-order chi connectivity index (χ0) is 19.9. The molecule has 0 atom stereocenters. The first-order valence-corrected chi connectivity index (χ1v) is 10.8. The summed E-state index contributed by atoms with van der Waals surface area (Å²) in [5, 5.41) is 3.16. The zero-order valence-corrected chi connectivity index (χ0v) is 16.4. The van der Waals surface area contributed by atoms with E-state index in [1.165, 1.54) is 12.3 Å². The summed E-state index contributed by atoms with van der Waals surface area (Å²) >= 11 is 0. The van der Waals surface area contributed by atoms with Crippen LogP contribution >= 0.6 is 0 Å². The van der Waals surface area contributed by atoms with Crippen molar-refractivity contribution >= 4 is 21.5 Å². The van der Waals surface area contributed by atoms with Crippen LogP contribution in [0.2, 0.25) is 0 Å². The Balaban J connectivity index is 1.76. The van der Waals surface area contributed by atoms with Gasteiger partial charge in [-0.1, -0.05) is 0 Å². The Kier molecular flexibility index (Phi) is 7.78. The molecule has 0 amide bonds. The molecule has 1 aliphatic rings. The summed E-state index contributed by atoms with van der Waals surface area (Å²) < 4.78 is 54.6. The molecule has 1 fully saturated rings. The van der Waals surface area contributed by atoms with Crippen LogP contribution in [0.4, 0.5) is 14.5 Å². The molecule has 0 bridgehead atoms. The lowest BCUT2D eigenvalue weighted by Gasteiger charge is -2.37. The van der Waals surface area contributed by atoms with Crippen LogP contribution < -0.4 is 10.2 Å². The van der Waals surface area contributed by atoms with Gasteiger partial charge < -0.3 is 19.9 Å². The number of hydrogen-bond acceptors (Lipinski definition) is 5. The van der Waals surface area contributed by atoms with Gasteiger partial charge in [0.25, 0.3) is 0 Å². The van der Waals surface area contributed by atoms with Gasteiger partial charge in [-0.25, -0.2) is 17.2 Å². The number of nitrogens with one attached hydrogen (secondary N) is 1. The average molecular weight is 404 g/mol. The number of aliphatic imine (C=N–C) groups is 1. The molecule has 1 aromatic carbocycles. The van der Waals surface area contributed by atoms with E-state index in [0.717, 1.165) is 12.1 Å². The molecule has 0 spiro atoms. The lowest BCUT2D eigenvalue weighted by Crippen LogP contribution is -2.53. The van der Waals surface area contributed by atoms with Crippen molar-refractivity contribution in [3.8, 4) is 0 Å². The van der Waals surface area contributed by atoms with E-state index in [9.17, 15) is 17.2 Å². The molecule has 1 saturated heterocycles. The highest BCUT2D eigenvalue weighted by Crippen LogP contribution is 2.21. The van der Waals surface area contributed by atoms with E-state index in [2.05, 4.69) is 10.3 Å². The number of hydrogen-bond donors (Lipinski definition) is 1. The number of guanidine groups is 1.